The number of ether oxygens (including phenoxy) is 4. The predicted octanol–water partition coefficient (Wildman–Crippen LogP) is 3.88. The third kappa shape index (κ3) is 8.12. The summed E-state index contributed by atoms with van der Waals surface area (Å²) in [6.07, 6.45) is 0.400. The molecule has 0 aliphatic carbocycles. The van der Waals surface area contributed by atoms with Gasteiger partial charge in [-0.15, -0.1) is 0 Å². The Morgan fingerprint density at radius 3 is 1.73 bits per heavy atom. The molecule has 0 amide bonds. The third-order valence-electron chi connectivity index (χ3n) is 4.43. The van der Waals surface area contributed by atoms with E-state index in [1.807, 2.05) is 42.5 Å². The van der Waals surface area contributed by atoms with E-state index in [9.17, 15) is 14.7 Å². The van der Waals surface area contributed by atoms with Crippen LogP contribution in [0.15, 0.2) is 66.8 Å². The van der Waals surface area contributed by atoms with Crippen molar-refractivity contribution in [3.8, 4) is 22.6 Å². The van der Waals surface area contributed by atoms with Crippen LogP contribution < -0.4 is 9.47 Å². The molecule has 0 heterocycles. The summed E-state index contributed by atoms with van der Waals surface area (Å²) in [4.78, 5) is 23.2. The summed E-state index contributed by atoms with van der Waals surface area (Å²) in [6, 6.07) is 13.2. The number of esters is 2. The van der Waals surface area contributed by atoms with Gasteiger partial charge in [0.05, 0.1) is 5.56 Å². The molecule has 7 heteroatoms. The fourth-order valence-corrected chi connectivity index (χ4v) is 2.85. The van der Waals surface area contributed by atoms with E-state index in [0.29, 0.717) is 34.6 Å². The number of benzene rings is 2. The zero-order valence-electron chi connectivity index (χ0n) is 19.1. The Morgan fingerprint density at radius 1 is 0.818 bits per heavy atom. The summed E-state index contributed by atoms with van der Waals surface area (Å²) >= 11 is 0. The monoisotopic (exact) mass is 454 g/mol. The largest absolute Gasteiger partial charge is 0.489 e. The maximum Gasteiger partial charge on any atom is 0.333 e. The minimum Gasteiger partial charge on any atom is -0.489 e. The lowest BCUT2D eigenvalue weighted by Crippen LogP contribution is -2.14. The van der Waals surface area contributed by atoms with Crippen LogP contribution in [-0.4, -0.2) is 50.1 Å². The van der Waals surface area contributed by atoms with Crippen molar-refractivity contribution in [2.24, 2.45) is 0 Å². The number of rotatable bonds is 13. The number of carbonyl (C=O) groups excluding carboxylic acids is 2. The molecule has 0 bridgehead atoms. The molecule has 0 fully saturated rings. The van der Waals surface area contributed by atoms with Gasteiger partial charge in [0.2, 0.25) is 0 Å². The molecular formula is C26H30O7. The molecule has 2 aromatic carbocycles. The van der Waals surface area contributed by atoms with Crippen molar-refractivity contribution >= 4 is 11.9 Å². The van der Waals surface area contributed by atoms with Crippen LogP contribution in [0, 0.1) is 0 Å². The number of hydrogen-bond donors (Lipinski definition) is 1. The number of carbonyl (C=O) groups is 2. The van der Waals surface area contributed by atoms with E-state index in [0.717, 1.165) is 11.1 Å². The average Bonchev–Trinajstić information content (AvgIpc) is 2.79. The second kappa shape index (κ2) is 13.1. The Kier molecular flexibility index (Phi) is 10.2. The van der Waals surface area contributed by atoms with E-state index < -0.39 is 11.9 Å². The molecule has 2 aromatic rings. The predicted molar refractivity (Wildman–Crippen MR) is 125 cm³/mol. The van der Waals surface area contributed by atoms with Gasteiger partial charge in [0.25, 0.3) is 0 Å². The van der Waals surface area contributed by atoms with E-state index >= 15 is 0 Å². The highest BCUT2D eigenvalue weighted by molar-refractivity contribution is 5.87. The highest BCUT2D eigenvalue weighted by Crippen LogP contribution is 2.40. The summed E-state index contributed by atoms with van der Waals surface area (Å²) in [6.45, 7) is 10.6. The second-order valence-electron chi connectivity index (χ2n) is 7.34. The van der Waals surface area contributed by atoms with Crippen molar-refractivity contribution in [1.29, 1.82) is 0 Å². The molecular weight excluding hydrogens is 424 g/mol. The van der Waals surface area contributed by atoms with Crippen LogP contribution in [0.1, 0.15) is 19.4 Å². The van der Waals surface area contributed by atoms with Crippen molar-refractivity contribution in [3.63, 3.8) is 0 Å². The lowest BCUT2D eigenvalue weighted by Gasteiger charge is -2.19. The van der Waals surface area contributed by atoms with E-state index in [2.05, 4.69) is 13.2 Å². The van der Waals surface area contributed by atoms with Gasteiger partial charge in [-0.25, -0.2) is 9.59 Å². The van der Waals surface area contributed by atoms with E-state index in [-0.39, 0.29) is 33.0 Å². The van der Waals surface area contributed by atoms with Gasteiger partial charge in [-0.1, -0.05) is 43.5 Å². The molecule has 0 aromatic heterocycles. The number of aliphatic hydroxyl groups excluding tert-OH is 1. The molecule has 0 unspecified atom stereocenters. The van der Waals surface area contributed by atoms with Crippen molar-refractivity contribution < 1.29 is 33.6 Å². The number of aliphatic hydroxyl groups is 1. The Morgan fingerprint density at radius 2 is 1.30 bits per heavy atom. The second-order valence-corrected chi connectivity index (χ2v) is 7.34. The smallest absolute Gasteiger partial charge is 0.333 e. The SMILES string of the molecule is C=C(C)C(=O)OCCOc1cc(CCO)cc(OCCOC(=O)C(=C)C)c1-c1ccccc1. The van der Waals surface area contributed by atoms with Crippen molar-refractivity contribution in [1.82, 2.24) is 0 Å². The van der Waals surface area contributed by atoms with E-state index in [1.165, 1.54) is 0 Å². The van der Waals surface area contributed by atoms with Gasteiger partial charge in [-0.2, -0.15) is 0 Å². The standard InChI is InChI=1S/C26H30O7/c1-18(2)25(28)32-14-12-30-22-16-20(10-11-27)17-23(24(22)21-8-6-5-7-9-21)31-13-15-33-26(29)19(3)4/h5-9,16-17,27H,1,3,10-15H2,2,4H3. The maximum absolute atomic E-state index is 11.6. The zero-order chi connectivity index (χ0) is 24.2. The van der Waals surface area contributed by atoms with Crippen molar-refractivity contribution in [2.75, 3.05) is 33.0 Å². The first-order chi connectivity index (χ1) is 15.8. The van der Waals surface area contributed by atoms with Gasteiger partial charge >= 0.3 is 11.9 Å². The summed E-state index contributed by atoms with van der Waals surface area (Å²) in [7, 11) is 0. The van der Waals surface area contributed by atoms with Crippen LogP contribution in [0.4, 0.5) is 0 Å². The first-order valence-corrected chi connectivity index (χ1v) is 10.6. The van der Waals surface area contributed by atoms with Gasteiger partial charge in [0.1, 0.15) is 37.9 Å². The minimum absolute atomic E-state index is 0.0456. The molecule has 0 radical (unpaired) electrons. The summed E-state index contributed by atoms with van der Waals surface area (Å²) < 4.78 is 22.1. The Bertz CT molecular complexity index is 924. The molecule has 2 rings (SSSR count). The van der Waals surface area contributed by atoms with Crippen molar-refractivity contribution in [2.45, 2.75) is 20.3 Å². The number of hydrogen-bond acceptors (Lipinski definition) is 7. The average molecular weight is 455 g/mol. The van der Waals surface area contributed by atoms with Crippen LogP contribution in [-0.2, 0) is 25.5 Å². The Labute approximate surface area is 194 Å². The molecule has 7 nitrogen and oxygen atoms in total. The first kappa shape index (κ1) is 25.7. The minimum atomic E-state index is -0.482. The Balaban J connectivity index is 2.27. The van der Waals surface area contributed by atoms with Gasteiger partial charge in [0, 0.05) is 17.8 Å². The van der Waals surface area contributed by atoms with Crippen LogP contribution in [0.3, 0.4) is 0 Å². The molecule has 0 aliphatic rings. The molecule has 33 heavy (non-hydrogen) atoms. The first-order valence-electron chi connectivity index (χ1n) is 10.6. The van der Waals surface area contributed by atoms with Gasteiger partial charge < -0.3 is 24.1 Å². The molecule has 0 saturated carbocycles. The third-order valence-corrected chi connectivity index (χ3v) is 4.43. The van der Waals surface area contributed by atoms with Crippen LogP contribution in [0.25, 0.3) is 11.1 Å². The molecule has 0 saturated heterocycles. The fraction of sp³-hybridized carbons (Fsp3) is 0.308. The zero-order valence-corrected chi connectivity index (χ0v) is 19.1. The van der Waals surface area contributed by atoms with Gasteiger partial charge in [0.15, 0.2) is 0 Å². The lowest BCUT2D eigenvalue weighted by atomic mass is 10.00. The quantitative estimate of drug-likeness (QED) is 0.279. The van der Waals surface area contributed by atoms with Crippen LogP contribution in [0.5, 0.6) is 11.5 Å². The maximum atomic E-state index is 11.6. The summed E-state index contributed by atoms with van der Waals surface area (Å²) in [5.74, 6) is 0.0772. The lowest BCUT2D eigenvalue weighted by molar-refractivity contribution is -0.140. The van der Waals surface area contributed by atoms with Gasteiger partial charge in [-0.05, 0) is 43.5 Å². The van der Waals surface area contributed by atoms with Crippen molar-refractivity contribution in [3.05, 3.63) is 72.3 Å². The van der Waals surface area contributed by atoms with Crippen LogP contribution in [0.2, 0.25) is 0 Å². The molecule has 176 valence electrons. The molecule has 1 N–H and O–H groups in total. The molecule has 0 aliphatic heterocycles. The van der Waals surface area contributed by atoms with E-state index in [4.69, 9.17) is 18.9 Å². The summed E-state index contributed by atoms with van der Waals surface area (Å²) in [5, 5.41) is 9.43. The highest BCUT2D eigenvalue weighted by atomic mass is 16.6. The Hall–Kier alpha value is -3.58. The fourth-order valence-electron chi connectivity index (χ4n) is 2.85. The topological polar surface area (TPSA) is 91.3 Å². The molecule has 0 spiro atoms. The summed E-state index contributed by atoms with van der Waals surface area (Å²) in [5.41, 5.74) is 2.99. The highest BCUT2D eigenvalue weighted by Gasteiger charge is 2.17. The normalized spacial score (nSPS) is 10.3. The van der Waals surface area contributed by atoms with Crippen LogP contribution >= 0.6 is 0 Å². The van der Waals surface area contributed by atoms with E-state index in [1.54, 1.807) is 13.8 Å². The van der Waals surface area contributed by atoms with Gasteiger partial charge in [-0.3, -0.25) is 0 Å². The molecule has 0 atom stereocenters.